The molecule has 5 nitrogen and oxygen atoms in total. The molecule has 2 heterocycles. The fourth-order valence-corrected chi connectivity index (χ4v) is 9.64. The molecular weight excluding hydrogens is 587 g/mol. The van der Waals surface area contributed by atoms with Crippen LogP contribution in [-0.4, -0.2) is 9.97 Å². The van der Waals surface area contributed by atoms with Crippen molar-refractivity contribution in [3.8, 4) is 34.4 Å². The third kappa shape index (κ3) is 4.06. The van der Waals surface area contributed by atoms with Crippen molar-refractivity contribution < 1.29 is 14.0 Å². The Kier molecular flexibility index (Phi) is 6.02. The number of benzene rings is 7. The number of ether oxygens (including phenoxy) is 2. The lowest BCUT2D eigenvalue weighted by Gasteiger charge is -2.25. The van der Waals surface area contributed by atoms with Crippen LogP contribution in [0.3, 0.4) is 0 Å². The Hall–Kier alpha value is -5.77. The quantitative estimate of drug-likeness (QED) is 0.147. The summed E-state index contributed by atoms with van der Waals surface area (Å²) in [5.74, 6) is 1.81. The Morgan fingerprint density at radius 2 is 0.913 bits per heavy atom. The van der Waals surface area contributed by atoms with Crippen LogP contribution in [0.15, 0.2) is 152 Å². The molecule has 0 saturated heterocycles. The fourth-order valence-electron chi connectivity index (χ4n) is 6.58. The Balaban J connectivity index is 1.29. The number of rotatable bonds is 4. The summed E-state index contributed by atoms with van der Waals surface area (Å²) in [6.45, 7) is 0. The topological polar surface area (TPSA) is 61.3 Å². The van der Waals surface area contributed by atoms with Crippen molar-refractivity contribution in [2.45, 2.75) is 0 Å². The van der Waals surface area contributed by atoms with E-state index >= 15 is 4.57 Å². The van der Waals surface area contributed by atoms with Crippen molar-refractivity contribution in [3.63, 3.8) is 0 Å². The van der Waals surface area contributed by atoms with Gasteiger partial charge in [0.1, 0.15) is 0 Å². The normalized spacial score (nSPS) is 12.3. The predicted molar refractivity (Wildman–Crippen MR) is 186 cm³/mol. The van der Waals surface area contributed by atoms with Crippen LogP contribution in [0, 0.1) is 0 Å². The van der Waals surface area contributed by atoms with E-state index in [1.807, 2.05) is 127 Å². The minimum atomic E-state index is -3.31. The molecule has 0 radical (unpaired) electrons. The molecular formula is C40H25N2O3P. The molecule has 0 N–H and O–H groups in total. The van der Waals surface area contributed by atoms with Gasteiger partial charge >= 0.3 is 0 Å². The predicted octanol–water partition coefficient (Wildman–Crippen LogP) is 9.14. The van der Waals surface area contributed by atoms with Crippen molar-refractivity contribution in [2.24, 2.45) is 0 Å². The van der Waals surface area contributed by atoms with E-state index in [4.69, 9.17) is 9.47 Å². The molecule has 0 amide bonds. The summed E-state index contributed by atoms with van der Waals surface area (Å²) >= 11 is 0. The Labute approximate surface area is 265 Å². The highest BCUT2D eigenvalue weighted by molar-refractivity contribution is 7.86. The van der Waals surface area contributed by atoms with Gasteiger partial charge in [0.2, 0.25) is 0 Å². The van der Waals surface area contributed by atoms with E-state index in [1.165, 1.54) is 0 Å². The van der Waals surface area contributed by atoms with Crippen molar-refractivity contribution in [2.75, 3.05) is 0 Å². The third-order valence-corrected chi connectivity index (χ3v) is 11.8. The summed E-state index contributed by atoms with van der Waals surface area (Å²) < 4.78 is 28.3. The van der Waals surface area contributed by atoms with Crippen LogP contribution in [0.4, 0.5) is 0 Å². The van der Waals surface area contributed by atoms with Crippen LogP contribution in [0.5, 0.6) is 23.3 Å². The van der Waals surface area contributed by atoms with E-state index in [0.717, 1.165) is 59.6 Å². The molecule has 0 unspecified atom stereocenters. The number of aromatic nitrogens is 2. The van der Waals surface area contributed by atoms with E-state index in [0.29, 0.717) is 23.3 Å². The summed E-state index contributed by atoms with van der Waals surface area (Å²) in [7, 11) is -3.31. The molecule has 0 spiro atoms. The number of para-hydroxylation sites is 2. The Morgan fingerprint density at radius 1 is 0.457 bits per heavy atom. The van der Waals surface area contributed by atoms with E-state index in [2.05, 4.69) is 34.2 Å². The molecule has 6 heteroatoms. The van der Waals surface area contributed by atoms with Crippen molar-refractivity contribution in [3.05, 3.63) is 152 Å². The molecule has 9 rings (SSSR count). The molecule has 0 atom stereocenters. The van der Waals surface area contributed by atoms with Gasteiger partial charge in [0.05, 0.1) is 11.0 Å². The minimum Gasteiger partial charge on any atom is -0.431 e. The first-order chi connectivity index (χ1) is 22.7. The maximum atomic E-state index is 15.8. The summed E-state index contributed by atoms with van der Waals surface area (Å²) in [5, 5.41) is 6.35. The lowest BCUT2D eigenvalue weighted by atomic mass is 9.91. The lowest BCUT2D eigenvalue weighted by molar-refractivity contribution is 0.339. The van der Waals surface area contributed by atoms with Gasteiger partial charge in [-0.2, -0.15) is 0 Å². The van der Waals surface area contributed by atoms with E-state index in [1.54, 1.807) is 0 Å². The van der Waals surface area contributed by atoms with Gasteiger partial charge in [0.15, 0.2) is 18.6 Å². The van der Waals surface area contributed by atoms with Crippen molar-refractivity contribution in [1.29, 1.82) is 0 Å². The van der Waals surface area contributed by atoms with Gasteiger partial charge in [-0.05, 0) is 56.9 Å². The van der Waals surface area contributed by atoms with Gasteiger partial charge in [-0.3, -0.25) is 0 Å². The van der Waals surface area contributed by atoms with Crippen LogP contribution in [0.25, 0.3) is 43.7 Å². The number of nitrogens with zero attached hydrogens (tertiary/aromatic N) is 2. The summed E-state index contributed by atoms with van der Waals surface area (Å²) in [6.07, 6.45) is 0. The van der Waals surface area contributed by atoms with Crippen LogP contribution >= 0.6 is 7.14 Å². The van der Waals surface area contributed by atoms with Gasteiger partial charge < -0.3 is 14.0 Å². The molecule has 0 fully saturated rings. The van der Waals surface area contributed by atoms with Gasteiger partial charge in [-0.25, -0.2) is 9.97 Å². The van der Waals surface area contributed by atoms with Gasteiger partial charge in [0, 0.05) is 15.9 Å². The lowest BCUT2D eigenvalue weighted by Crippen LogP contribution is -2.26. The van der Waals surface area contributed by atoms with Gasteiger partial charge in [-0.1, -0.05) is 127 Å². The fraction of sp³-hybridized carbons (Fsp3) is 0. The monoisotopic (exact) mass is 612 g/mol. The summed E-state index contributed by atoms with van der Waals surface area (Å²) in [6, 6.07) is 49.9. The average Bonchev–Trinajstić information content (AvgIpc) is 3.12. The van der Waals surface area contributed by atoms with E-state index < -0.39 is 7.14 Å². The highest BCUT2D eigenvalue weighted by Crippen LogP contribution is 2.51. The number of hydrogen-bond donors (Lipinski definition) is 0. The average molecular weight is 613 g/mol. The summed E-state index contributed by atoms with van der Waals surface area (Å²) in [4.78, 5) is 9.30. The standard InChI is InChI=1S/C40H25N2O3P/c43-46(27-13-3-1-4-14-27,28-15-5-2-6-16-28)38-31-19-9-7-17-29(31)37(30-18-8-10-20-32(30)38)26-23-24-35-36(25-26)45-40-39(44-35)41-33-21-11-12-22-34(33)42-40/h1-25H. The van der Waals surface area contributed by atoms with Crippen LogP contribution < -0.4 is 25.4 Å². The zero-order chi connectivity index (χ0) is 30.7. The molecule has 0 bridgehead atoms. The van der Waals surface area contributed by atoms with E-state index in [9.17, 15) is 0 Å². The van der Waals surface area contributed by atoms with Crippen LogP contribution in [-0.2, 0) is 4.57 Å². The van der Waals surface area contributed by atoms with Crippen molar-refractivity contribution >= 4 is 55.6 Å². The van der Waals surface area contributed by atoms with E-state index in [-0.39, 0.29) is 0 Å². The maximum Gasteiger partial charge on any atom is 0.284 e. The summed E-state index contributed by atoms with van der Waals surface area (Å²) in [5.41, 5.74) is 3.46. The first-order valence-electron chi connectivity index (χ1n) is 15.1. The highest BCUT2D eigenvalue weighted by Gasteiger charge is 2.34. The molecule has 1 aliphatic rings. The number of fused-ring (bicyclic) bond motifs is 5. The first kappa shape index (κ1) is 26.6. The largest absolute Gasteiger partial charge is 0.431 e. The Bertz CT molecular complexity index is 2420. The Morgan fingerprint density at radius 3 is 1.46 bits per heavy atom. The van der Waals surface area contributed by atoms with Crippen LogP contribution in [0.1, 0.15) is 0 Å². The maximum absolute atomic E-state index is 15.8. The molecule has 218 valence electrons. The molecule has 46 heavy (non-hydrogen) atoms. The van der Waals surface area contributed by atoms with Gasteiger partial charge in [0.25, 0.3) is 11.8 Å². The second-order valence-corrected chi connectivity index (χ2v) is 14.0. The second kappa shape index (κ2) is 10.4. The first-order valence-corrected chi connectivity index (χ1v) is 16.8. The molecule has 0 saturated carbocycles. The SMILES string of the molecule is O=P(c1ccccc1)(c1ccccc1)c1c2ccccc2c(-c2ccc3c(c2)Oc2nc4ccccc4nc2O3)c2ccccc12. The third-order valence-electron chi connectivity index (χ3n) is 8.61. The van der Waals surface area contributed by atoms with Crippen LogP contribution in [0.2, 0.25) is 0 Å². The molecule has 1 aliphatic heterocycles. The zero-order valence-electron chi connectivity index (χ0n) is 24.5. The molecule has 7 aromatic carbocycles. The number of hydrogen-bond acceptors (Lipinski definition) is 5. The molecule has 0 aliphatic carbocycles. The molecule has 8 aromatic rings. The smallest absolute Gasteiger partial charge is 0.284 e. The minimum absolute atomic E-state index is 0.333. The second-order valence-electron chi connectivity index (χ2n) is 11.3. The molecule has 1 aromatic heterocycles. The van der Waals surface area contributed by atoms with Crippen molar-refractivity contribution in [1.82, 2.24) is 9.97 Å². The van der Waals surface area contributed by atoms with Gasteiger partial charge in [-0.15, -0.1) is 0 Å². The highest BCUT2D eigenvalue weighted by atomic mass is 31.2. The zero-order valence-corrected chi connectivity index (χ0v) is 25.4.